The number of methoxy groups -OCH3 is 2. The summed E-state index contributed by atoms with van der Waals surface area (Å²) in [5.74, 6) is -0.207. The third-order valence-electron chi connectivity index (χ3n) is 4.29. The van der Waals surface area contributed by atoms with E-state index in [1.54, 1.807) is 18.2 Å². The van der Waals surface area contributed by atoms with E-state index in [4.69, 9.17) is 32.7 Å². The van der Waals surface area contributed by atoms with E-state index in [1.165, 1.54) is 39.3 Å². The van der Waals surface area contributed by atoms with E-state index >= 15 is 0 Å². The predicted octanol–water partition coefficient (Wildman–Crippen LogP) is 2.72. The number of hydrogen-bond donors (Lipinski definition) is 1. The van der Waals surface area contributed by atoms with E-state index in [0.29, 0.717) is 22.0 Å². The summed E-state index contributed by atoms with van der Waals surface area (Å²) in [4.78, 5) is 37.3. The van der Waals surface area contributed by atoms with Crippen molar-refractivity contribution in [3.63, 3.8) is 0 Å². The second-order valence-corrected chi connectivity index (χ2v) is 7.22. The number of aromatic nitrogens is 3. The van der Waals surface area contributed by atoms with E-state index < -0.39 is 11.2 Å². The maximum Gasteiger partial charge on any atom is 0.352 e. The van der Waals surface area contributed by atoms with Crippen LogP contribution >= 0.6 is 23.2 Å². The monoisotopic (exact) mass is 464 g/mol. The molecule has 0 fully saturated rings. The summed E-state index contributed by atoms with van der Waals surface area (Å²) in [6.07, 6.45) is 0. The smallest absolute Gasteiger partial charge is 0.352 e. The first-order valence-electron chi connectivity index (χ1n) is 8.93. The van der Waals surface area contributed by atoms with Gasteiger partial charge in [0.25, 0.3) is 5.88 Å². The van der Waals surface area contributed by atoms with Gasteiger partial charge in [-0.1, -0.05) is 29.3 Å². The average molecular weight is 465 g/mol. The number of halogens is 2. The Morgan fingerprint density at radius 2 is 1.77 bits per heavy atom. The summed E-state index contributed by atoms with van der Waals surface area (Å²) in [6.45, 7) is 1.26. The molecule has 0 spiro atoms. The second-order valence-electron chi connectivity index (χ2n) is 6.41. The molecule has 1 N–H and O–H groups in total. The van der Waals surface area contributed by atoms with Crippen molar-refractivity contribution in [3.8, 4) is 17.3 Å². The van der Waals surface area contributed by atoms with Crippen molar-refractivity contribution < 1.29 is 14.3 Å². The van der Waals surface area contributed by atoms with Crippen molar-refractivity contribution >= 4 is 34.8 Å². The minimum atomic E-state index is -0.712. The van der Waals surface area contributed by atoms with Crippen molar-refractivity contribution in [1.82, 2.24) is 14.3 Å². The number of hydrogen-bond acceptors (Lipinski definition) is 6. The number of carbonyl (C=O) groups is 1. The summed E-state index contributed by atoms with van der Waals surface area (Å²) < 4.78 is 12.2. The first-order chi connectivity index (χ1) is 14.7. The van der Waals surface area contributed by atoms with Crippen LogP contribution in [0.3, 0.4) is 0 Å². The zero-order valence-electron chi connectivity index (χ0n) is 16.8. The number of ether oxygens (including phenoxy) is 2. The van der Waals surface area contributed by atoms with Crippen LogP contribution in [0.25, 0.3) is 5.69 Å². The van der Waals surface area contributed by atoms with Crippen LogP contribution in [0.4, 0.5) is 5.69 Å². The van der Waals surface area contributed by atoms with Gasteiger partial charge in [0, 0.05) is 6.92 Å². The Labute approximate surface area is 186 Å². The van der Waals surface area contributed by atoms with Crippen molar-refractivity contribution in [2.45, 2.75) is 13.5 Å². The molecule has 1 aromatic heterocycles. The highest BCUT2D eigenvalue weighted by molar-refractivity contribution is 6.33. The van der Waals surface area contributed by atoms with Gasteiger partial charge in [-0.15, -0.1) is 5.10 Å². The molecule has 0 saturated carbocycles. The van der Waals surface area contributed by atoms with E-state index in [-0.39, 0.29) is 29.0 Å². The molecule has 1 heterocycles. The van der Waals surface area contributed by atoms with Crippen molar-refractivity contribution in [3.05, 3.63) is 72.8 Å². The van der Waals surface area contributed by atoms with Crippen LogP contribution in [0.1, 0.15) is 12.5 Å². The Bertz CT molecular complexity index is 1270. The third kappa shape index (κ3) is 4.73. The van der Waals surface area contributed by atoms with Gasteiger partial charge in [0.05, 0.1) is 42.2 Å². The van der Waals surface area contributed by atoms with Crippen LogP contribution in [-0.4, -0.2) is 34.5 Å². The number of nitrogens with one attached hydrogen (secondary N) is 1. The molecule has 0 atom stereocenters. The largest absolute Gasteiger partial charge is 0.495 e. The van der Waals surface area contributed by atoms with Gasteiger partial charge >= 0.3 is 11.2 Å². The van der Waals surface area contributed by atoms with E-state index in [0.717, 1.165) is 9.25 Å². The van der Waals surface area contributed by atoms with Crippen molar-refractivity contribution in [2.75, 3.05) is 19.5 Å². The number of anilines is 1. The van der Waals surface area contributed by atoms with Crippen LogP contribution in [0.5, 0.6) is 11.6 Å². The van der Waals surface area contributed by atoms with E-state index in [2.05, 4.69) is 10.4 Å². The molecule has 162 valence electrons. The molecule has 0 aliphatic carbocycles. The van der Waals surface area contributed by atoms with Crippen molar-refractivity contribution in [1.29, 1.82) is 0 Å². The molecule has 0 aliphatic rings. The van der Waals surface area contributed by atoms with Crippen LogP contribution in [0.2, 0.25) is 10.0 Å². The summed E-state index contributed by atoms with van der Waals surface area (Å²) in [7, 11) is 2.74. The third-order valence-corrected chi connectivity index (χ3v) is 4.93. The minimum absolute atomic E-state index is 0.0732. The van der Waals surface area contributed by atoms with Crippen LogP contribution < -0.4 is 26.0 Å². The first-order valence-corrected chi connectivity index (χ1v) is 9.68. The Morgan fingerprint density at radius 1 is 1.06 bits per heavy atom. The fraction of sp³-hybridized carbons (Fsp3) is 0.200. The molecule has 3 rings (SSSR count). The fourth-order valence-electron chi connectivity index (χ4n) is 2.84. The Kier molecular flexibility index (Phi) is 6.67. The normalized spacial score (nSPS) is 10.6. The maximum atomic E-state index is 13.1. The lowest BCUT2D eigenvalue weighted by molar-refractivity contribution is -0.114. The molecule has 3 aromatic rings. The van der Waals surface area contributed by atoms with E-state index in [9.17, 15) is 14.4 Å². The van der Waals surface area contributed by atoms with Crippen LogP contribution in [0, 0.1) is 0 Å². The predicted molar refractivity (Wildman–Crippen MR) is 117 cm³/mol. The maximum absolute atomic E-state index is 13.1. The highest BCUT2D eigenvalue weighted by Gasteiger charge is 2.17. The Hall–Kier alpha value is -3.30. The first kappa shape index (κ1) is 22.4. The molecular weight excluding hydrogens is 447 g/mol. The number of amides is 1. The number of rotatable bonds is 6. The van der Waals surface area contributed by atoms with Gasteiger partial charge in [-0.25, -0.2) is 9.36 Å². The molecule has 9 nitrogen and oxygen atoms in total. The van der Waals surface area contributed by atoms with Gasteiger partial charge in [0.15, 0.2) is 0 Å². The standard InChI is InChI=1S/C20H18Cl2N4O5/c1-11(27)23-16-9-13(5-7-14(16)21)26-20(29)25(19(28)18(24-26)31-3)10-12-4-6-15(22)17(8-12)30-2/h4-9H,10H2,1-3H3,(H,23,27). The highest BCUT2D eigenvalue weighted by atomic mass is 35.5. The summed E-state index contributed by atoms with van der Waals surface area (Å²) in [6, 6.07) is 9.41. The zero-order chi connectivity index (χ0) is 22.7. The molecule has 2 aromatic carbocycles. The lowest BCUT2D eigenvalue weighted by Gasteiger charge is -2.13. The van der Waals surface area contributed by atoms with Gasteiger partial charge < -0.3 is 14.8 Å². The second kappa shape index (κ2) is 9.23. The quantitative estimate of drug-likeness (QED) is 0.601. The minimum Gasteiger partial charge on any atom is -0.495 e. The molecule has 1 amide bonds. The topological polar surface area (TPSA) is 104 Å². The van der Waals surface area contributed by atoms with Gasteiger partial charge in [-0.2, -0.15) is 4.68 Å². The van der Waals surface area contributed by atoms with Crippen LogP contribution in [-0.2, 0) is 11.3 Å². The fourth-order valence-corrected chi connectivity index (χ4v) is 3.20. The number of benzene rings is 2. The van der Waals surface area contributed by atoms with E-state index in [1.807, 2.05) is 0 Å². The van der Waals surface area contributed by atoms with Gasteiger partial charge in [-0.05, 0) is 35.9 Å². The molecular formula is C20H18Cl2N4O5. The molecule has 0 radical (unpaired) electrons. The van der Waals surface area contributed by atoms with Crippen LogP contribution in [0.15, 0.2) is 46.0 Å². The zero-order valence-corrected chi connectivity index (χ0v) is 18.3. The number of carbonyl (C=O) groups excluding carboxylic acids is 1. The molecule has 0 saturated heterocycles. The summed E-state index contributed by atoms with van der Waals surface area (Å²) in [5, 5.41) is 7.26. The molecule has 0 bridgehead atoms. The van der Waals surface area contributed by atoms with Gasteiger partial charge in [0.1, 0.15) is 5.75 Å². The molecule has 0 aliphatic heterocycles. The van der Waals surface area contributed by atoms with Gasteiger partial charge in [-0.3, -0.25) is 9.59 Å². The summed E-state index contributed by atoms with van der Waals surface area (Å²) in [5.41, 5.74) is -0.238. The average Bonchev–Trinajstić information content (AvgIpc) is 2.74. The highest BCUT2D eigenvalue weighted by Crippen LogP contribution is 2.26. The lowest BCUT2D eigenvalue weighted by Crippen LogP contribution is -2.41. The van der Waals surface area contributed by atoms with Gasteiger partial charge in [0.2, 0.25) is 5.91 Å². The summed E-state index contributed by atoms with van der Waals surface area (Å²) >= 11 is 12.2. The molecule has 11 heteroatoms. The Morgan fingerprint density at radius 3 is 2.42 bits per heavy atom. The molecule has 0 unspecified atom stereocenters. The SMILES string of the molecule is COc1cc(Cn2c(=O)c(OC)nn(-c3ccc(Cl)c(NC(C)=O)c3)c2=O)ccc1Cl. The molecule has 31 heavy (non-hydrogen) atoms. The Balaban J connectivity index is 2.15. The lowest BCUT2D eigenvalue weighted by atomic mass is 10.2. The van der Waals surface area contributed by atoms with Crippen molar-refractivity contribution in [2.24, 2.45) is 0 Å². The number of nitrogens with zero attached hydrogens (tertiary/aromatic N) is 3.